The summed E-state index contributed by atoms with van der Waals surface area (Å²) in [6, 6.07) is 30.0. The van der Waals surface area contributed by atoms with Crippen LogP contribution >= 0.6 is 0 Å². The summed E-state index contributed by atoms with van der Waals surface area (Å²) >= 11 is 0. The SMILES string of the molecule is Nc1n[nH]c(C(c2ccccc2)c2ccccc2)c1N=Nc1ccccc1. The normalized spacial score (nSPS) is 11.3. The number of nitrogens with zero attached hydrogens (tertiary/aromatic N) is 3. The molecule has 3 aromatic carbocycles. The molecule has 0 saturated heterocycles. The zero-order valence-electron chi connectivity index (χ0n) is 14.7. The highest BCUT2D eigenvalue weighted by Crippen LogP contribution is 2.39. The summed E-state index contributed by atoms with van der Waals surface area (Å²) in [6.07, 6.45) is 0. The van der Waals surface area contributed by atoms with Crippen LogP contribution in [0.25, 0.3) is 0 Å². The lowest BCUT2D eigenvalue weighted by molar-refractivity contribution is 0.892. The molecule has 0 atom stereocenters. The highest BCUT2D eigenvalue weighted by atomic mass is 15.2. The molecule has 3 N–H and O–H groups in total. The lowest BCUT2D eigenvalue weighted by Crippen LogP contribution is -2.04. The number of aromatic amines is 1. The van der Waals surface area contributed by atoms with Gasteiger partial charge >= 0.3 is 0 Å². The molecular weight excluding hydrogens is 334 g/mol. The summed E-state index contributed by atoms with van der Waals surface area (Å²) < 4.78 is 0. The number of anilines is 1. The fourth-order valence-corrected chi connectivity index (χ4v) is 3.09. The average molecular weight is 353 g/mol. The predicted molar refractivity (Wildman–Crippen MR) is 107 cm³/mol. The third-order valence-electron chi connectivity index (χ3n) is 4.37. The first kappa shape index (κ1) is 16.7. The first-order chi connectivity index (χ1) is 13.3. The minimum atomic E-state index is -0.0677. The third-order valence-corrected chi connectivity index (χ3v) is 4.37. The first-order valence-electron chi connectivity index (χ1n) is 8.73. The van der Waals surface area contributed by atoms with Gasteiger partial charge in [-0.2, -0.15) is 10.2 Å². The summed E-state index contributed by atoms with van der Waals surface area (Å²) in [5, 5.41) is 16.0. The van der Waals surface area contributed by atoms with Crippen LogP contribution in [0.5, 0.6) is 0 Å². The van der Waals surface area contributed by atoms with Crippen molar-refractivity contribution in [2.75, 3.05) is 5.73 Å². The van der Waals surface area contributed by atoms with Gasteiger partial charge in [-0.3, -0.25) is 5.10 Å². The average Bonchev–Trinajstić information content (AvgIpc) is 3.09. The van der Waals surface area contributed by atoms with Crippen molar-refractivity contribution in [3.63, 3.8) is 0 Å². The molecule has 5 heteroatoms. The standard InChI is InChI=1S/C22H19N5/c23-22-21(26-24-18-14-8-3-9-15-18)20(25-27-22)19(16-10-4-1-5-11-16)17-12-6-2-7-13-17/h1-15,19H,(H3,23,25,27). The number of aromatic nitrogens is 2. The number of nitrogen functional groups attached to an aromatic ring is 1. The van der Waals surface area contributed by atoms with Gasteiger partial charge in [-0.05, 0) is 23.3 Å². The van der Waals surface area contributed by atoms with Crippen molar-refractivity contribution in [3.8, 4) is 0 Å². The number of nitrogens with one attached hydrogen (secondary N) is 1. The van der Waals surface area contributed by atoms with E-state index >= 15 is 0 Å². The lowest BCUT2D eigenvalue weighted by Gasteiger charge is -2.17. The van der Waals surface area contributed by atoms with E-state index in [0.29, 0.717) is 11.5 Å². The van der Waals surface area contributed by atoms with E-state index < -0.39 is 0 Å². The molecule has 0 saturated carbocycles. The van der Waals surface area contributed by atoms with E-state index in [1.807, 2.05) is 66.7 Å². The van der Waals surface area contributed by atoms with Crippen LogP contribution in [0.3, 0.4) is 0 Å². The number of hydrogen-bond donors (Lipinski definition) is 2. The molecule has 0 bridgehead atoms. The van der Waals surface area contributed by atoms with Crippen molar-refractivity contribution in [2.24, 2.45) is 10.2 Å². The fraction of sp³-hybridized carbons (Fsp3) is 0.0455. The van der Waals surface area contributed by atoms with Crippen molar-refractivity contribution in [2.45, 2.75) is 5.92 Å². The quantitative estimate of drug-likeness (QED) is 0.459. The largest absolute Gasteiger partial charge is 0.380 e. The van der Waals surface area contributed by atoms with Crippen LogP contribution in [0.1, 0.15) is 22.7 Å². The highest BCUT2D eigenvalue weighted by Gasteiger charge is 2.23. The van der Waals surface area contributed by atoms with E-state index in [0.717, 1.165) is 22.5 Å². The summed E-state index contributed by atoms with van der Waals surface area (Å²) in [5.41, 5.74) is 10.5. The number of azo groups is 1. The molecule has 1 heterocycles. The zero-order valence-corrected chi connectivity index (χ0v) is 14.7. The van der Waals surface area contributed by atoms with E-state index in [1.165, 1.54) is 0 Å². The van der Waals surface area contributed by atoms with Crippen molar-refractivity contribution < 1.29 is 0 Å². The summed E-state index contributed by atoms with van der Waals surface area (Å²) in [7, 11) is 0. The predicted octanol–water partition coefficient (Wildman–Crippen LogP) is 5.59. The molecule has 0 spiro atoms. The Balaban J connectivity index is 1.81. The van der Waals surface area contributed by atoms with Gasteiger partial charge in [-0.1, -0.05) is 78.9 Å². The Morgan fingerprint density at radius 2 is 1.22 bits per heavy atom. The maximum absolute atomic E-state index is 6.10. The van der Waals surface area contributed by atoms with E-state index in [-0.39, 0.29) is 5.92 Å². The second kappa shape index (κ2) is 7.66. The van der Waals surface area contributed by atoms with E-state index in [1.54, 1.807) is 0 Å². The molecular formula is C22H19N5. The van der Waals surface area contributed by atoms with E-state index in [9.17, 15) is 0 Å². The Bertz CT molecular complexity index is 985. The Kier molecular flexibility index (Phi) is 4.74. The van der Waals surface area contributed by atoms with Crippen LogP contribution in [0, 0.1) is 0 Å². The van der Waals surface area contributed by atoms with Gasteiger partial charge in [-0.25, -0.2) is 0 Å². The number of rotatable bonds is 5. The van der Waals surface area contributed by atoms with Crippen molar-refractivity contribution in [1.29, 1.82) is 0 Å². The third kappa shape index (κ3) is 3.62. The van der Waals surface area contributed by atoms with Crippen molar-refractivity contribution in [3.05, 3.63) is 108 Å². The van der Waals surface area contributed by atoms with Crippen LogP contribution < -0.4 is 5.73 Å². The summed E-state index contributed by atoms with van der Waals surface area (Å²) in [4.78, 5) is 0. The zero-order chi connectivity index (χ0) is 18.5. The van der Waals surface area contributed by atoms with Gasteiger partial charge in [0, 0.05) is 0 Å². The molecule has 0 aliphatic carbocycles. The van der Waals surface area contributed by atoms with Gasteiger partial charge in [0.05, 0.1) is 17.3 Å². The van der Waals surface area contributed by atoms with Gasteiger partial charge in [0.1, 0.15) is 0 Å². The minimum absolute atomic E-state index is 0.0677. The van der Waals surface area contributed by atoms with Crippen LogP contribution in [0.4, 0.5) is 17.2 Å². The molecule has 0 aliphatic heterocycles. The number of nitrogens with two attached hydrogens (primary N) is 1. The van der Waals surface area contributed by atoms with Crippen molar-refractivity contribution >= 4 is 17.2 Å². The molecule has 0 fully saturated rings. The van der Waals surface area contributed by atoms with E-state index in [2.05, 4.69) is 44.7 Å². The molecule has 5 nitrogen and oxygen atoms in total. The number of H-pyrrole nitrogens is 1. The van der Waals surface area contributed by atoms with E-state index in [4.69, 9.17) is 5.73 Å². The monoisotopic (exact) mass is 353 g/mol. The minimum Gasteiger partial charge on any atom is -0.380 e. The molecule has 4 aromatic rings. The maximum atomic E-state index is 6.10. The van der Waals surface area contributed by atoms with Crippen LogP contribution in [0.15, 0.2) is 101 Å². The maximum Gasteiger partial charge on any atom is 0.173 e. The van der Waals surface area contributed by atoms with Crippen LogP contribution in [0.2, 0.25) is 0 Å². The molecule has 0 amide bonds. The number of benzene rings is 3. The van der Waals surface area contributed by atoms with Gasteiger partial charge in [0.25, 0.3) is 0 Å². The molecule has 1 aromatic heterocycles. The van der Waals surface area contributed by atoms with Gasteiger partial charge in [-0.15, -0.1) is 5.11 Å². The highest BCUT2D eigenvalue weighted by molar-refractivity contribution is 5.64. The molecule has 4 rings (SSSR count). The topological polar surface area (TPSA) is 79.4 Å². The van der Waals surface area contributed by atoms with Crippen LogP contribution in [-0.4, -0.2) is 10.2 Å². The van der Waals surface area contributed by atoms with Crippen LogP contribution in [-0.2, 0) is 0 Å². The summed E-state index contributed by atoms with van der Waals surface area (Å²) in [6.45, 7) is 0. The Morgan fingerprint density at radius 3 is 1.78 bits per heavy atom. The van der Waals surface area contributed by atoms with Crippen molar-refractivity contribution in [1.82, 2.24) is 10.2 Å². The lowest BCUT2D eigenvalue weighted by atomic mass is 9.88. The van der Waals surface area contributed by atoms with Gasteiger partial charge < -0.3 is 5.73 Å². The smallest absolute Gasteiger partial charge is 0.173 e. The fourth-order valence-electron chi connectivity index (χ4n) is 3.09. The second-order valence-corrected chi connectivity index (χ2v) is 6.16. The molecule has 27 heavy (non-hydrogen) atoms. The number of hydrogen-bond acceptors (Lipinski definition) is 4. The second-order valence-electron chi connectivity index (χ2n) is 6.16. The molecule has 132 valence electrons. The Labute approximate surface area is 157 Å². The molecule has 0 radical (unpaired) electrons. The Morgan fingerprint density at radius 1 is 0.704 bits per heavy atom. The first-order valence-corrected chi connectivity index (χ1v) is 8.73. The summed E-state index contributed by atoms with van der Waals surface area (Å²) in [5.74, 6) is 0.267. The molecule has 0 aliphatic rings. The van der Waals surface area contributed by atoms with Gasteiger partial charge in [0.2, 0.25) is 0 Å². The van der Waals surface area contributed by atoms with Gasteiger partial charge in [0.15, 0.2) is 11.5 Å². The Hall–Kier alpha value is -3.73. The molecule has 0 unspecified atom stereocenters.